The summed E-state index contributed by atoms with van der Waals surface area (Å²) < 4.78 is 12.2. The number of hydrogen-bond acceptors (Lipinski definition) is 7. The van der Waals surface area contributed by atoms with Gasteiger partial charge in [0.2, 0.25) is 11.7 Å². The van der Waals surface area contributed by atoms with E-state index in [9.17, 15) is 4.79 Å². The highest BCUT2D eigenvalue weighted by Crippen LogP contribution is 2.15. The lowest BCUT2D eigenvalue weighted by molar-refractivity contribution is 0.153. The fourth-order valence-corrected chi connectivity index (χ4v) is 2.56. The minimum absolute atomic E-state index is 0.176. The van der Waals surface area contributed by atoms with E-state index in [1.165, 1.54) is 4.90 Å². The van der Waals surface area contributed by atoms with E-state index in [4.69, 9.17) is 9.26 Å². The Morgan fingerprint density at radius 1 is 1.33 bits per heavy atom. The zero-order chi connectivity index (χ0) is 19.2. The molecule has 1 N–H and O–H groups in total. The molecular weight excluding hydrogens is 350 g/mol. The fraction of sp³-hybridized carbons (Fsp3) is 0.353. The molecule has 0 aliphatic carbocycles. The third kappa shape index (κ3) is 4.47. The molecule has 0 aromatic carbocycles. The molecule has 0 radical (unpaired) electrons. The van der Waals surface area contributed by atoms with Gasteiger partial charge in [-0.15, -0.1) is 0 Å². The van der Waals surface area contributed by atoms with Gasteiger partial charge >= 0.3 is 6.03 Å². The highest BCUT2D eigenvalue weighted by atomic mass is 16.5. The van der Waals surface area contributed by atoms with E-state index in [0.717, 1.165) is 11.3 Å². The van der Waals surface area contributed by atoms with Gasteiger partial charge in [0.05, 0.1) is 18.3 Å². The van der Waals surface area contributed by atoms with E-state index in [1.807, 2.05) is 13.1 Å². The average Bonchev–Trinajstić information content (AvgIpc) is 3.31. The van der Waals surface area contributed by atoms with E-state index >= 15 is 0 Å². The van der Waals surface area contributed by atoms with Crippen LogP contribution in [0.2, 0.25) is 0 Å². The normalized spacial score (nSPS) is 12.0. The number of carbonyl (C=O) groups excluding carboxylic acids is 1. The first-order valence-electron chi connectivity index (χ1n) is 8.30. The number of ether oxygens (including phenoxy) is 1. The summed E-state index contributed by atoms with van der Waals surface area (Å²) in [4.78, 5) is 22.3. The summed E-state index contributed by atoms with van der Waals surface area (Å²) in [6, 6.07) is 4.79. The number of urea groups is 1. The van der Waals surface area contributed by atoms with Crippen LogP contribution < -0.4 is 5.32 Å². The van der Waals surface area contributed by atoms with Crippen molar-refractivity contribution >= 4 is 6.03 Å². The van der Waals surface area contributed by atoms with Crippen molar-refractivity contribution in [2.24, 2.45) is 7.05 Å². The van der Waals surface area contributed by atoms with Crippen LogP contribution in [-0.2, 0) is 18.3 Å². The quantitative estimate of drug-likeness (QED) is 0.668. The molecule has 10 heteroatoms. The number of aryl methyl sites for hydroxylation is 1. The number of aromatic nitrogens is 5. The molecule has 3 rings (SSSR count). The second kappa shape index (κ2) is 8.41. The Morgan fingerprint density at radius 3 is 2.78 bits per heavy atom. The summed E-state index contributed by atoms with van der Waals surface area (Å²) in [6.45, 7) is 0.501. The smallest absolute Gasteiger partial charge is 0.318 e. The molecule has 0 bridgehead atoms. The van der Waals surface area contributed by atoms with Crippen molar-refractivity contribution in [2.75, 3.05) is 20.8 Å². The summed E-state index contributed by atoms with van der Waals surface area (Å²) in [6.07, 6.45) is 4.98. The lowest BCUT2D eigenvalue weighted by Gasteiger charge is -2.22. The molecule has 10 nitrogen and oxygen atoms in total. The van der Waals surface area contributed by atoms with Crippen LogP contribution in [0.15, 0.2) is 41.3 Å². The van der Waals surface area contributed by atoms with Crippen molar-refractivity contribution in [1.29, 1.82) is 0 Å². The van der Waals surface area contributed by atoms with Crippen LogP contribution in [0.3, 0.4) is 0 Å². The van der Waals surface area contributed by atoms with Crippen molar-refractivity contribution in [2.45, 2.75) is 12.6 Å². The van der Waals surface area contributed by atoms with Crippen LogP contribution in [0.4, 0.5) is 4.79 Å². The van der Waals surface area contributed by atoms with Gasteiger partial charge in [0.15, 0.2) is 0 Å². The number of rotatable bonds is 7. The molecule has 0 aliphatic rings. The van der Waals surface area contributed by atoms with Crippen LogP contribution in [-0.4, -0.2) is 56.6 Å². The molecule has 0 fully saturated rings. The number of nitrogens with zero attached hydrogens (tertiary/aromatic N) is 6. The van der Waals surface area contributed by atoms with Crippen LogP contribution in [0, 0.1) is 0 Å². The van der Waals surface area contributed by atoms with Gasteiger partial charge in [-0.1, -0.05) is 5.16 Å². The minimum atomic E-state index is -0.326. The summed E-state index contributed by atoms with van der Waals surface area (Å²) in [5.74, 6) is 0.789. The molecule has 0 spiro atoms. The fourth-order valence-electron chi connectivity index (χ4n) is 2.56. The summed E-state index contributed by atoms with van der Waals surface area (Å²) in [5.41, 5.74) is 1.64. The molecule has 27 heavy (non-hydrogen) atoms. The van der Waals surface area contributed by atoms with Gasteiger partial charge < -0.3 is 19.5 Å². The van der Waals surface area contributed by atoms with Gasteiger partial charge in [0.25, 0.3) is 0 Å². The van der Waals surface area contributed by atoms with E-state index < -0.39 is 0 Å². The largest absolute Gasteiger partial charge is 0.382 e. The number of amides is 2. The lowest BCUT2D eigenvalue weighted by Crippen LogP contribution is -2.41. The number of nitrogens with one attached hydrogen (secondary N) is 1. The number of hydrogen-bond donors (Lipinski definition) is 1. The monoisotopic (exact) mass is 371 g/mol. The van der Waals surface area contributed by atoms with Crippen LogP contribution in [0.25, 0.3) is 11.4 Å². The summed E-state index contributed by atoms with van der Waals surface area (Å²) in [5, 5.41) is 11.0. The third-order valence-corrected chi connectivity index (χ3v) is 3.97. The topological polar surface area (TPSA) is 111 Å². The molecule has 2 amide bonds. The van der Waals surface area contributed by atoms with Gasteiger partial charge in [0.1, 0.15) is 6.54 Å². The molecule has 0 saturated heterocycles. The first kappa shape index (κ1) is 18.5. The predicted octanol–water partition coefficient (Wildman–Crippen LogP) is 1.39. The second-order valence-corrected chi connectivity index (χ2v) is 5.94. The number of carbonyl (C=O) groups is 1. The molecule has 3 aromatic rings. The zero-order valence-electron chi connectivity index (χ0n) is 15.4. The van der Waals surface area contributed by atoms with E-state index in [1.54, 1.807) is 49.6 Å². The van der Waals surface area contributed by atoms with E-state index in [-0.39, 0.29) is 18.6 Å². The second-order valence-electron chi connectivity index (χ2n) is 5.94. The summed E-state index contributed by atoms with van der Waals surface area (Å²) >= 11 is 0. The van der Waals surface area contributed by atoms with Gasteiger partial charge in [-0.05, 0) is 18.2 Å². The third-order valence-electron chi connectivity index (χ3n) is 3.97. The van der Waals surface area contributed by atoms with Crippen molar-refractivity contribution in [3.8, 4) is 11.4 Å². The molecule has 0 unspecified atom stereocenters. The van der Waals surface area contributed by atoms with E-state index in [0.29, 0.717) is 18.3 Å². The maximum atomic E-state index is 12.5. The van der Waals surface area contributed by atoms with Gasteiger partial charge in [-0.2, -0.15) is 10.1 Å². The first-order valence-corrected chi connectivity index (χ1v) is 8.30. The van der Waals surface area contributed by atoms with Crippen LogP contribution >= 0.6 is 0 Å². The SMILES string of the molecule is COC[C@H](NC(=O)N(C)Cc1nc(-c2ccncc2)no1)c1ccnn1C. The van der Waals surface area contributed by atoms with Crippen molar-refractivity contribution < 1.29 is 14.1 Å². The number of pyridine rings is 1. The molecule has 0 saturated carbocycles. The standard InChI is InChI=1S/C17H21N7O3/c1-23(10-15-21-16(22-27-15)12-4-7-18-8-5-12)17(25)20-13(11-26-3)14-6-9-19-24(14)2/h4-9,13H,10-11H2,1-3H3,(H,20,25)/t13-/m0/s1. The first-order chi connectivity index (χ1) is 13.1. The van der Waals surface area contributed by atoms with Gasteiger partial charge in [0, 0.05) is 45.4 Å². The highest BCUT2D eigenvalue weighted by molar-refractivity contribution is 5.74. The Labute approximate surface area is 156 Å². The lowest BCUT2D eigenvalue weighted by atomic mass is 10.2. The van der Waals surface area contributed by atoms with Gasteiger partial charge in [-0.3, -0.25) is 9.67 Å². The van der Waals surface area contributed by atoms with Crippen molar-refractivity contribution in [3.63, 3.8) is 0 Å². The Hall–Kier alpha value is -3.27. The maximum Gasteiger partial charge on any atom is 0.318 e. The van der Waals surface area contributed by atoms with Crippen LogP contribution in [0.1, 0.15) is 17.6 Å². The van der Waals surface area contributed by atoms with Crippen molar-refractivity contribution in [1.82, 2.24) is 35.1 Å². The van der Waals surface area contributed by atoms with Crippen LogP contribution in [0.5, 0.6) is 0 Å². The molecule has 142 valence electrons. The Balaban J connectivity index is 1.63. The van der Waals surface area contributed by atoms with Gasteiger partial charge in [-0.25, -0.2) is 4.79 Å². The molecule has 3 heterocycles. The minimum Gasteiger partial charge on any atom is -0.382 e. The maximum absolute atomic E-state index is 12.5. The Bertz CT molecular complexity index is 878. The Morgan fingerprint density at radius 2 is 2.11 bits per heavy atom. The number of methoxy groups -OCH3 is 1. The molecule has 0 aliphatic heterocycles. The zero-order valence-corrected chi connectivity index (χ0v) is 15.4. The Kier molecular flexibility index (Phi) is 5.77. The molecule has 3 aromatic heterocycles. The van der Waals surface area contributed by atoms with E-state index in [2.05, 4.69) is 25.5 Å². The average molecular weight is 371 g/mol. The van der Waals surface area contributed by atoms with Crippen molar-refractivity contribution in [3.05, 3.63) is 48.4 Å². The molecular formula is C17H21N7O3. The summed E-state index contributed by atoms with van der Waals surface area (Å²) in [7, 11) is 5.05. The molecule has 1 atom stereocenters. The highest BCUT2D eigenvalue weighted by Gasteiger charge is 2.21. The predicted molar refractivity (Wildman–Crippen MR) is 95.4 cm³/mol.